The SMILES string of the molecule is CC(=CC1CCSC1)CBr. The second-order valence-electron chi connectivity index (χ2n) is 2.77. The van der Waals surface area contributed by atoms with Crippen molar-refractivity contribution in [3.05, 3.63) is 11.6 Å². The molecule has 1 aliphatic rings. The van der Waals surface area contributed by atoms with Crippen LogP contribution < -0.4 is 0 Å². The van der Waals surface area contributed by atoms with Crippen LogP contribution in [0.25, 0.3) is 0 Å². The first-order valence-electron chi connectivity index (χ1n) is 3.64. The van der Waals surface area contributed by atoms with Gasteiger partial charge in [0.05, 0.1) is 0 Å². The highest BCUT2D eigenvalue weighted by atomic mass is 79.9. The molecule has 0 bridgehead atoms. The Morgan fingerprint density at radius 2 is 2.60 bits per heavy atom. The molecule has 0 nitrogen and oxygen atoms in total. The van der Waals surface area contributed by atoms with E-state index < -0.39 is 0 Å². The predicted molar refractivity (Wildman–Crippen MR) is 53.0 cm³/mol. The molecule has 10 heavy (non-hydrogen) atoms. The highest BCUT2D eigenvalue weighted by molar-refractivity contribution is 9.09. The molecule has 2 heteroatoms. The minimum atomic E-state index is 0.863. The summed E-state index contributed by atoms with van der Waals surface area (Å²) in [4.78, 5) is 0. The van der Waals surface area contributed by atoms with E-state index in [2.05, 4.69) is 40.7 Å². The number of rotatable bonds is 2. The first-order chi connectivity index (χ1) is 4.83. The smallest absolute Gasteiger partial charge is 0.0239 e. The summed E-state index contributed by atoms with van der Waals surface area (Å²) < 4.78 is 0. The van der Waals surface area contributed by atoms with Crippen LogP contribution in [0.3, 0.4) is 0 Å². The van der Waals surface area contributed by atoms with Gasteiger partial charge in [0.25, 0.3) is 0 Å². The number of hydrogen-bond acceptors (Lipinski definition) is 1. The first kappa shape index (κ1) is 8.66. The molecule has 0 spiro atoms. The molecule has 1 atom stereocenters. The Balaban J connectivity index is 2.34. The number of alkyl halides is 1. The molecule has 1 fully saturated rings. The van der Waals surface area contributed by atoms with E-state index in [4.69, 9.17) is 0 Å². The molecule has 1 aliphatic heterocycles. The van der Waals surface area contributed by atoms with Gasteiger partial charge < -0.3 is 0 Å². The van der Waals surface area contributed by atoms with E-state index in [1.54, 1.807) is 0 Å². The molecular formula is C8H13BrS. The Bertz CT molecular complexity index is 125. The monoisotopic (exact) mass is 220 g/mol. The summed E-state index contributed by atoms with van der Waals surface area (Å²) in [6.45, 7) is 2.19. The fraction of sp³-hybridized carbons (Fsp3) is 0.750. The second kappa shape index (κ2) is 4.45. The zero-order valence-corrected chi connectivity index (χ0v) is 8.67. The molecule has 0 saturated carbocycles. The minimum Gasteiger partial charge on any atom is -0.161 e. The normalized spacial score (nSPS) is 27.4. The maximum atomic E-state index is 3.45. The largest absolute Gasteiger partial charge is 0.161 e. The Labute approximate surface area is 75.6 Å². The molecule has 0 radical (unpaired) electrons. The van der Waals surface area contributed by atoms with E-state index in [9.17, 15) is 0 Å². The molecule has 1 heterocycles. The zero-order valence-electron chi connectivity index (χ0n) is 6.27. The lowest BCUT2D eigenvalue weighted by atomic mass is 10.1. The van der Waals surface area contributed by atoms with Gasteiger partial charge in [-0.2, -0.15) is 11.8 Å². The van der Waals surface area contributed by atoms with Crippen LogP contribution >= 0.6 is 27.7 Å². The number of hydrogen-bond donors (Lipinski definition) is 0. The van der Waals surface area contributed by atoms with E-state index in [0.717, 1.165) is 11.2 Å². The quantitative estimate of drug-likeness (QED) is 0.510. The highest BCUT2D eigenvalue weighted by Gasteiger charge is 2.12. The number of allylic oxidation sites excluding steroid dienone is 2. The Hall–Kier alpha value is 0.570. The van der Waals surface area contributed by atoms with Crippen LogP contribution in [-0.4, -0.2) is 16.8 Å². The van der Waals surface area contributed by atoms with Crippen LogP contribution in [0.5, 0.6) is 0 Å². The summed E-state index contributed by atoms with van der Waals surface area (Å²) in [6, 6.07) is 0. The van der Waals surface area contributed by atoms with E-state index in [1.807, 2.05) is 0 Å². The fourth-order valence-electron chi connectivity index (χ4n) is 1.13. The lowest BCUT2D eigenvalue weighted by molar-refractivity contribution is 0.741. The van der Waals surface area contributed by atoms with Crippen molar-refractivity contribution in [3.8, 4) is 0 Å². The molecule has 1 rings (SSSR count). The lowest BCUT2D eigenvalue weighted by Gasteiger charge is -2.01. The van der Waals surface area contributed by atoms with Gasteiger partial charge in [0.1, 0.15) is 0 Å². The molecule has 0 aromatic heterocycles. The van der Waals surface area contributed by atoms with E-state index in [0.29, 0.717) is 0 Å². The van der Waals surface area contributed by atoms with Gasteiger partial charge in [-0.05, 0) is 30.8 Å². The molecule has 58 valence electrons. The molecule has 0 aromatic carbocycles. The number of thioether (sulfide) groups is 1. The maximum absolute atomic E-state index is 3.45. The summed E-state index contributed by atoms with van der Waals surface area (Å²) in [7, 11) is 0. The predicted octanol–water partition coefficient (Wildman–Crippen LogP) is 3.08. The summed E-state index contributed by atoms with van der Waals surface area (Å²) in [5.74, 6) is 3.56. The standard InChI is InChI=1S/C8H13BrS/c1-7(5-9)4-8-2-3-10-6-8/h4,8H,2-3,5-6H2,1H3. The molecule has 0 amide bonds. The van der Waals surface area contributed by atoms with Gasteiger partial charge in [0.2, 0.25) is 0 Å². The number of halogens is 1. The lowest BCUT2D eigenvalue weighted by Crippen LogP contribution is -1.93. The third-order valence-electron chi connectivity index (χ3n) is 1.70. The average molecular weight is 221 g/mol. The van der Waals surface area contributed by atoms with Crippen molar-refractivity contribution < 1.29 is 0 Å². The highest BCUT2D eigenvalue weighted by Crippen LogP contribution is 2.25. The van der Waals surface area contributed by atoms with Crippen molar-refractivity contribution in [1.82, 2.24) is 0 Å². The van der Waals surface area contributed by atoms with Crippen molar-refractivity contribution in [2.45, 2.75) is 13.3 Å². The van der Waals surface area contributed by atoms with Crippen LogP contribution in [0.15, 0.2) is 11.6 Å². The Morgan fingerprint density at radius 1 is 1.80 bits per heavy atom. The maximum Gasteiger partial charge on any atom is 0.0239 e. The third kappa shape index (κ3) is 2.67. The van der Waals surface area contributed by atoms with Crippen LogP contribution in [-0.2, 0) is 0 Å². The minimum absolute atomic E-state index is 0.863. The van der Waals surface area contributed by atoms with Gasteiger partial charge >= 0.3 is 0 Å². The third-order valence-corrected chi connectivity index (χ3v) is 3.77. The average Bonchev–Trinajstić information content (AvgIpc) is 2.40. The van der Waals surface area contributed by atoms with Crippen LogP contribution in [0.1, 0.15) is 13.3 Å². The van der Waals surface area contributed by atoms with Gasteiger partial charge in [-0.1, -0.05) is 27.6 Å². The van der Waals surface area contributed by atoms with Crippen LogP contribution in [0.2, 0.25) is 0 Å². The van der Waals surface area contributed by atoms with Crippen molar-refractivity contribution in [2.75, 3.05) is 16.8 Å². The van der Waals surface area contributed by atoms with Crippen molar-refractivity contribution in [2.24, 2.45) is 5.92 Å². The van der Waals surface area contributed by atoms with Gasteiger partial charge in [0, 0.05) is 5.33 Å². The van der Waals surface area contributed by atoms with Crippen molar-refractivity contribution >= 4 is 27.7 Å². The van der Waals surface area contributed by atoms with Gasteiger partial charge in [0.15, 0.2) is 0 Å². The molecule has 0 aromatic rings. The molecule has 1 saturated heterocycles. The van der Waals surface area contributed by atoms with E-state index in [-0.39, 0.29) is 0 Å². The fourth-order valence-corrected chi connectivity index (χ4v) is 2.52. The molecule has 0 N–H and O–H groups in total. The molecule has 0 aliphatic carbocycles. The zero-order chi connectivity index (χ0) is 7.40. The Kier molecular flexibility index (Phi) is 3.85. The second-order valence-corrected chi connectivity index (χ2v) is 4.48. The van der Waals surface area contributed by atoms with Crippen LogP contribution in [0, 0.1) is 5.92 Å². The van der Waals surface area contributed by atoms with E-state index in [1.165, 1.54) is 23.5 Å². The molecule has 1 unspecified atom stereocenters. The summed E-state index contributed by atoms with van der Waals surface area (Å²) >= 11 is 5.52. The van der Waals surface area contributed by atoms with E-state index >= 15 is 0 Å². The van der Waals surface area contributed by atoms with Crippen molar-refractivity contribution in [1.29, 1.82) is 0 Å². The summed E-state index contributed by atoms with van der Waals surface area (Å²) in [6.07, 6.45) is 3.80. The van der Waals surface area contributed by atoms with Gasteiger partial charge in [-0.3, -0.25) is 0 Å². The molecular weight excluding hydrogens is 208 g/mol. The first-order valence-corrected chi connectivity index (χ1v) is 5.91. The summed E-state index contributed by atoms with van der Waals surface area (Å²) in [5.41, 5.74) is 1.48. The topological polar surface area (TPSA) is 0 Å². The summed E-state index contributed by atoms with van der Waals surface area (Å²) in [5, 5.41) is 1.04. The van der Waals surface area contributed by atoms with Gasteiger partial charge in [-0.25, -0.2) is 0 Å². The van der Waals surface area contributed by atoms with Crippen LogP contribution in [0.4, 0.5) is 0 Å². The van der Waals surface area contributed by atoms with Gasteiger partial charge in [-0.15, -0.1) is 0 Å². The Morgan fingerprint density at radius 3 is 3.10 bits per heavy atom. The van der Waals surface area contributed by atoms with Crippen molar-refractivity contribution in [3.63, 3.8) is 0 Å².